The molecule has 16 heavy (non-hydrogen) atoms. The Morgan fingerprint density at radius 3 is 2.50 bits per heavy atom. The summed E-state index contributed by atoms with van der Waals surface area (Å²) in [6, 6.07) is 0. The highest BCUT2D eigenvalue weighted by atomic mass is 16.3. The number of carbonyl (C=O) groups is 1. The van der Waals surface area contributed by atoms with E-state index >= 15 is 0 Å². The van der Waals surface area contributed by atoms with Gasteiger partial charge in [-0.2, -0.15) is 0 Å². The molecule has 1 amide bonds. The molecule has 1 aliphatic carbocycles. The third-order valence-electron chi connectivity index (χ3n) is 3.54. The van der Waals surface area contributed by atoms with E-state index in [-0.39, 0.29) is 5.91 Å². The maximum Gasteiger partial charge on any atom is 0.225 e. The van der Waals surface area contributed by atoms with Crippen molar-refractivity contribution in [3.8, 4) is 0 Å². The van der Waals surface area contributed by atoms with Crippen LogP contribution < -0.4 is 0 Å². The highest BCUT2D eigenvalue weighted by Gasteiger charge is 2.32. The van der Waals surface area contributed by atoms with Crippen molar-refractivity contribution in [2.24, 2.45) is 0 Å². The van der Waals surface area contributed by atoms with Crippen molar-refractivity contribution < 1.29 is 9.90 Å². The summed E-state index contributed by atoms with van der Waals surface area (Å²) >= 11 is 0. The number of hydrogen-bond donors (Lipinski definition) is 1. The van der Waals surface area contributed by atoms with Gasteiger partial charge in [-0.25, -0.2) is 0 Å². The normalized spacial score (nSPS) is 19.4. The molecule has 3 nitrogen and oxygen atoms in total. The molecule has 0 atom stereocenters. The van der Waals surface area contributed by atoms with Crippen molar-refractivity contribution in [2.75, 3.05) is 13.6 Å². The topological polar surface area (TPSA) is 40.5 Å². The van der Waals surface area contributed by atoms with E-state index in [1.165, 1.54) is 6.42 Å². The molecule has 1 fully saturated rings. The largest absolute Gasteiger partial charge is 0.389 e. The summed E-state index contributed by atoms with van der Waals surface area (Å²) in [5.74, 6) is 0.0952. The van der Waals surface area contributed by atoms with Crippen LogP contribution in [0.5, 0.6) is 0 Å². The summed E-state index contributed by atoms with van der Waals surface area (Å²) in [6.07, 6.45) is 7.35. The van der Waals surface area contributed by atoms with E-state index < -0.39 is 5.60 Å². The van der Waals surface area contributed by atoms with Crippen LogP contribution in [-0.2, 0) is 4.79 Å². The lowest BCUT2D eigenvalue weighted by Crippen LogP contribution is -2.39. The molecule has 1 N–H and O–H groups in total. The van der Waals surface area contributed by atoms with Crippen LogP contribution in [0.25, 0.3) is 0 Å². The molecule has 3 heteroatoms. The molecule has 0 aromatic heterocycles. The fourth-order valence-corrected chi connectivity index (χ4v) is 2.32. The van der Waals surface area contributed by atoms with E-state index in [9.17, 15) is 9.90 Å². The molecule has 0 radical (unpaired) electrons. The van der Waals surface area contributed by atoms with E-state index in [2.05, 4.69) is 6.92 Å². The molecule has 0 aromatic rings. The number of aliphatic hydroxyl groups is 1. The molecule has 0 aliphatic heterocycles. The van der Waals surface area contributed by atoms with Gasteiger partial charge < -0.3 is 10.0 Å². The van der Waals surface area contributed by atoms with Crippen LogP contribution in [0.4, 0.5) is 0 Å². The van der Waals surface area contributed by atoms with Gasteiger partial charge >= 0.3 is 0 Å². The lowest BCUT2D eigenvalue weighted by molar-refractivity contribution is -0.136. The zero-order chi connectivity index (χ0) is 12.0. The molecule has 0 spiro atoms. The van der Waals surface area contributed by atoms with Gasteiger partial charge in [0.25, 0.3) is 0 Å². The van der Waals surface area contributed by atoms with Crippen LogP contribution in [-0.4, -0.2) is 35.1 Å². The SMILES string of the molecule is CCCCN(C)C(=O)CC1(O)CCCCC1. The molecular weight excluding hydrogens is 202 g/mol. The van der Waals surface area contributed by atoms with E-state index in [0.29, 0.717) is 6.42 Å². The average molecular weight is 227 g/mol. The Hall–Kier alpha value is -0.570. The first kappa shape index (κ1) is 13.5. The van der Waals surface area contributed by atoms with Gasteiger partial charge in [-0.3, -0.25) is 4.79 Å². The smallest absolute Gasteiger partial charge is 0.225 e. The molecule has 1 rings (SSSR count). The Bertz CT molecular complexity index is 222. The number of amides is 1. The molecule has 1 aliphatic rings. The first-order chi connectivity index (χ1) is 7.57. The minimum atomic E-state index is -0.712. The van der Waals surface area contributed by atoms with Crippen LogP contribution in [0.1, 0.15) is 58.3 Å². The number of hydrogen-bond acceptors (Lipinski definition) is 2. The maximum absolute atomic E-state index is 11.9. The molecular formula is C13H25NO2. The number of rotatable bonds is 5. The Balaban J connectivity index is 2.36. The molecule has 0 aromatic carbocycles. The van der Waals surface area contributed by atoms with E-state index in [1.807, 2.05) is 7.05 Å². The number of unbranched alkanes of at least 4 members (excludes halogenated alkanes) is 1. The summed E-state index contributed by atoms with van der Waals surface area (Å²) in [5, 5.41) is 10.3. The number of nitrogens with zero attached hydrogens (tertiary/aromatic N) is 1. The Labute approximate surface area is 98.8 Å². The van der Waals surface area contributed by atoms with Crippen molar-refractivity contribution in [1.82, 2.24) is 4.90 Å². The second-order valence-electron chi connectivity index (χ2n) is 5.13. The van der Waals surface area contributed by atoms with Crippen molar-refractivity contribution >= 4 is 5.91 Å². The van der Waals surface area contributed by atoms with Crippen molar-refractivity contribution in [2.45, 2.75) is 63.9 Å². The Morgan fingerprint density at radius 1 is 1.31 bits per heavy atom. The fourth-order valence-electron chi connectivity index (χ4n) is 2.32. The average Bonchev–Trinajstić information content (AvgIpc) is 2.26. The molecule has 0 bridgehead atoms. The molecule has 0 unspecified atom stereocenters. The number of carbonyl (C=O) groups excluding carboxylic acids is 1. The predicted octanol–water partition coefficient (Wildman–Crippen LogP) is 2.33. The van der Waals surface area contributed by atoms with Crippen LogP contribution in [0.3, 0.4) is 0 Å². The van der Waals surface area contributed by atoms with Gasteiger partial charge in [0.05, 0.1) is 12.0 Å². The van der Waals surface area contributed by atoms with Crippen LogP contribution >= 0.6 is 0 Å². The second kappa shape index (κ2) is 6.24. The molecule has 94 valence electrons. The maximum atomic E-state index is 11.9. The van der Waals surface area contributed by atoms with Crippen LogP contribution in [0.2, 0.25) is 0 Å². The van der Waals surface area contributed by atoms with E-state index in [0.717, 1.165) is 45.1 Å². The summed E-state index contributed by atoms with van der Waals surface area (Å²) in [5.41, 5.74) is -0.712. The van der Waals surface area contributed by atoms with Crippen molar-refractivity contribution in [3.63, 3.8) is 0 Å². The standard InChI is InChI=1S/C13H25NO2/c1-3-4-10-14(2)12(15)11-13(16)8-6-5-7-9-13/h16H,3-11H2,1-2H3. The van der Waals surface area contributed by atoms with Gasteiger partial charge in [0.2, 0.25) is 5.91 Å². The van der Waals surface area contributed by atoms with Crippen LogP contribution in [0, 0.1) is 0 Å². The summed E-state index contributed by atoms with van der Waals surface area (Å²) < 4.78 is 0. The molecule has 1 saturated carbocycles. The first-order valence-electron chi connectivity index (χ1n) is 6.54. The monoisotopic (exact) mass is 227 g/mol. The highest BCUT2D eigenvalue weighted by molar-refractivity contribution is 5.77. The third kappa shape index (κ3) is 4.12. The third-order valence-corrected chi connectivity index (χ3v) is 3.54. The fraction of sp³-hybridized carbons (Fsp3) is 0.923. The first-order valence-corrected chi connectivity index (χ1v) is 6.54. The van der Waals surface area contributed by atoms with Crippen LogP contribution in [0.15, 0.2) is 0 Å². The van der Waals surface area contributed by atoms with Gasteiger partial charge in [0.1, 0.15) is 0 Å². The van der Waals surface area contributed by atoms with Gasteiger partial charge in [0.15, 0.2) is 0 Å². The second-order valence-corrected chi connectivity index (χ2v) is 5.13. The zero-order valence-electron chi connectivity index (χ0n) is 10.7. The highest BCUT2D eigenvalue weighted by Crippen LogP contribution is 2.31. The van der Waals surface area contributed by atoms with E-state index in [1.54, 1.807) is 4.90 Å². The van der Waals surface area contributed by atoms with E-state index in [4.69, 9.17) is 0 Å². The predicted molar refractivity (Wildman–Crippen MR) is 65.2 cm³/mol. The summed E-state index contributed by atoms with van der Waals surface area (Å²) in [4.78, 5) is 13.6. The van der Waals surface area contributed by atoms with Crippen molar-refractivity contribution in [1.29, 1.82) is 0 Å². The molecule has 0 heterocycles. The zero-order valence-corrected chi connectivity index (χ0v) is 10.7. The lowest BCUT2D eigenvalue weighted by atomic mass is 9.82. The van der Waals surface area contributed by atoms with Gasteiger partial charge in [0, 0.05) is 13.6 Å². The lowest BCUT2D eigenvalue weighted by Gasteiger charge is -2.32. The van der Waals surface area contributed by atoms with Gasteiger partial charge in [-0.05, 0) is 19.3 Å². The molecule has 0 saturated heterocycles. The van der Waals surface area contributed by atoms with Gasteiger partial charge in [-0.15, -0.1) is 0 Å². The Kier molecular flexibility index (Phi) is 5.26. The summed E-state index contributed by atoms with van der Waals surface area (Å²) in [7, 11) is 1.84. The minimum absolute atomic E-state index is 0.0952. The van der Waals surface area contributed by atoms with Crippen molar-refractivity contribution in [3.05, 3.63) is 0 Å². The van der Waals surface area contributed by atoms with Gasteiger partial charge in [-0.1, -0.05) is 32.6 Å². The minimum Gasteiger partial charge on any atom is -0.389 e. The summed E-state index contributed by atoms with van der Waals surface area (Å²) in [6.45, 7) is 2.93. The Morgan fingerprint density at radius 2 is 1.94 bits per heavy atom. The quantitative estimate of drug-likeness (QED) is 0.783.